The summed E-state index contributed by atoms with van der Waals surface area (Å²) in [5.41, 5.74) is 3.65. The van der Waals surface area contributed by atoms with Crippen LogP contribution in [0.25, 0.3) is 5.57 Å². The van der Waals surface area contributed by atoms with Gasteiger partial charge in [-0.1, -0.05) is 34.1 Å². The second-order valence-electron chi connectivity index (χ2n) is 4.62. The summed E-state index contributed by atoms with van der Waals surface area (Å²) in [5, 5.41) is 0. The van der Waals surface area contributed by atoms with Crippen molar-refractivity contribution >= 4 is 21.5 Å². The van der Waals surface area contributed by atoms with Gasteiger partial charge in [-0.05, 0) is 55.1 Å². The fourth-order valence-electron chi connectivity index (χ4n) is 1.84. The zero-order chi connectivity index (χ0) is 13.7. The van der Waals surface area contributed by atoms with Gasteiger partial charge in [0.05, 0.1) is 0 Å². The Morgan fingerprint density at radius 2 is 1.63 bits per heavy atom. The van der Waals surface area contributed by atoms with Crippen molar-refractivity contribution in [2.45, 2.75) is 0 Å². The molecule has 0 amide bonds. The molecule has 0 radical (unpaired) electrons. The molecule has 0 aliphatic rings. The monoisotopic (exact) mass is 316 g/mol. The molecule has 0 aliphatic heterocycles. The zero-order valence-electron chi connectivity index (χ0n) is 11.2. The van der Waals surface area contributed by atoms with Crippen LogP contribution in [-0.2, 0) is 0 Å². The van der Waals surface area contributed by atoms with Crippen LogP contribution in [0, 0.1) is 0 Å². The van der Waals surface area contributed by atoms with Crippen molar-refractivity contribution in [3.05, 3.63) is 70.5 Å². The lowest BCUT2D eigenvalue weighted by Gasteiger charge is -2.11. The molecule has 0 saturated heterocycles. The average Bonchev–Trinajstić information content (AvgIpc) is 2.42. The first-order valence-electron chi connectivity index (χ1n) is 6.18. The molecule has 2 rings (SSSR count). The zero-order valence-corrected chi connectivity index (χ0v) is 12.8. The number of aromatic nitrogens is 1. The lowest BCUT2D eigenvalue weighted by Crippen LogP contribution is -2.11. The fraction of sp³-hybridized carbons (Fsp3) is 0.188. The number of pyridine rings is 1. The molecule has 0 spiro atoms. The Balaban J connectivity index is 2.40. The maximum atomic E-state index is 4.09. The number of rotatable bonds is 4. The Labute approximate surface area is 122 Å². The van der Waals surface area contributed by atoms with Crippen molar-refractivity contribution in [2.75, 3.05) is 20.6 Å². The first-order chi connectivity index (χ1) is 9.16. The Hall–Kier alpha value is -1.45. The SMILES string of the molecule is CN(C)CC=C(c1ccncc1)c1ccc(Br)cc1. The van der Waals surface area contributed by atoms with Crippen LogP contribution in [0.1, 0.15) is 11.1 Å². The first-order valence-corrected chi connectivity index (χ1v) is 6.97. The van der Waals surface area contributed by atoms with Crippen LogP contribution in [0.5, 0.6) is 0 Å². The smallest absolute Gasteiger partial charge is 0.0273 e. The van der Waals surface area contributed by atoms with Gasteiger partial charge < -0.3 is 4.90 Å². The van der Waals surface area contributed by atoms with E-state index in [1.165, 1.54) is 16.7 Å². The molecule has 0 N–H and O–H groups in total. The maximum absolute atomic E-state index is 4.09. The van der Waals surface area contributed by atoms with Crippen LogP contribution in [0.2, 0.25) is 0 Å². The van der Waals surface area contributed by atoms with Crippen molar-refractivity contribution in [3.63, 3.8) is 0 Å². The minimum Gasteiger partial charge on any atom is -0.306 e. The van der Waals surface area contributed by atoms with Gasteiger partial charge in [-0.2, -0.15) is 0 Å². The van der Waals surface area contributed by atoms with E-state index in [1.54, 1.807) is 0 Å². The van der Waals surface area contributed by atoms with Gasteiger partial charge in [0.25, 0.3) is 0 Å². The van der Waals surface area contributed by atoms with Crippen LogP contribution >= 0.6 is 15.9 Å². The molecule has 2 nitrogen and oxygen atoms in total. The molecular formula is C16H17BrN2. The molecule has 0 atom stereocenters. The second kappa shape index (κ2) is 6.64. The van der Waals surface area contributed by atoms with Crippen molar-refractivity contribution in [2.24, 2.45) is 0 Å². The lowest BCUT2D eigenvalue weighted by atomic mass is 9.98. The predicted octanol–water partition coefficient (Wildman–Crippen LogP) is 3.84. The maximum Gasteiger partial charge on any atom is 0.0273 e. The first kappa shape index (κ1) is 14.0. The number of halogens is 1. The largest absolute Gasteiger partial charge is 0.306 e. The van der Waals surface area contributed by atoms with Crippen molar-refractivity contribution in [1.82, 2.24) is 9.88 Å². The van der Waals surface area contributed by atoms with Crippen LogP contribution in [0.3, 0.4) is 0 Å². The van der Waals surface area contributed by atoms with E-state index in [1.807, 2.05) is 24.5 Å². The molecule has 1 aromatic heterocycles. The van der Waals surface area contributed by atoms with Gasteiger partial charge in [-0.3, -0.25) is 4.98 Å². The minimum absolute atomic E-state index is 0.910. The molecular weight excluding hydrogens is 300 g/mol. The minimum atomic E-state index is 0.910. The predicted molar refractivity (Wildman–Crippen MR) is 84.0 cm³/mol. The lowest BCUT2D eigenvalue weighted by molar-refractivity contribution is 0.457. The third kappa shape index (κ3) is 4.01. The fourth-order valence-corrected chi connectivity index (χ4v) is 2.10. The van der Waals surface area contributed by atoms with Crippen LogP contribution in [0.4, 0.5) is 0 Å². The number of likely N-dealkylation sites (N-methyl/N-ethyl adjacent to an activating group) is 1. The number of hydrogen-bond donors (Lipinski definition) is 0. The quantitative estimate of drug-likeness (QED) is 0.852. The van der Waals surface area contributed by atoms with Gasteiger partial charge in [0.15, 0.2) is 0 Å². The van der Waals surface area contributed by atoms with Crippen LogP contribution in [0.15, 0.2) is 59.3 Å². The van der Waals surface area contributed by atoms with E-state index < -0.39 is 0 Å². The van der Waals surface area contributed by atoms with Crippen molar-refractivity contribution < 1.29 is 0 Å². The highest BCUT2D eigenvalue weighted by Crippen LogP contribution is 2.24. The highest BCUT2D eigenvalue weighted by molar-refractivity contribution is 9.10. The molecule has 0 unspecified atom stereocenters. The normalized spacial score (nSPS) is 11.9. The van der Waals surface area contributed by atoms with E-state index in [9.17, 15) is 0 Å². The Morgan fingerprint density at radius 3 is 2.21 bits per heavy atom. The molecule has 3 heteroatoms. The standard InChI is InChI=1S/C16H17BrN2/c1-19(2)12-9-16(14-7-10-18-11-8-14)13-3-5-15(17)6-4-13/h3-11H,12H2,1-2H3. The van der Waals surface area contributed by atoms with Gasteiger partial charge >= 0.3 is 0 Å². The summed E-state index contributed by atoms with van der Waals surface area (Å²) >= 11 is 3.48. The third-order valence-electron chi connectivity index (χ3n) is 2.81. The summed E-state index contributed by atoms with van der Waals surface area (Å²) in [4.78, 5) is 6.24. The van der Waals surface area contributed by atoms with Crippen molar-refractivity contribution in [1.29, 1.82) is 0 Å². The summed E-state index contributed by atoms with van der Waals surface area (Å²) in [6.07, 6.45) is 5.91. The van der Waals surface area contributed by atoms with Gasteiger partial charge in [-0.15, -0.1) is 0 Å². The topological polar surface area (TPSA) is 16.1 Å². The van der Waals surface area contributed by atoms with E-state index >= 15 is 0 Å². The highest BCUT2D eigenvalue weighted by atomic mass is 79.9. The molecule has 19 heavy (non-hydrogen) atoms. The number of benzene rings is 1. The van der Waals surface area contributed by atoms with Crippen LogP contribution in [-0.4, -0.2) is 30.5 Å². The molecule has 1 aromatic carbocycles. The van der Waals surface area contributed by atoms with Crippen molar-refractivity contribution in [3.8, 4) is 0 Å². The molecule has 0 bridgehead atoms. The average molecular weight is 317 g/mol. The summed E-state index contributed by atoms with van der Waals surface area (Å²) in [6.45, 7) is 0.910. The molecule has 98 valence electrons. The summed E-state index contributed by atoms with van der Waals surface area (Å²) in [6, 6.07) is 12.5. The Morgan fingerprint density at radius 1 is 1.05 bits per heavy atom. The van der Waals surface area contributed by atoms with E-state index in [0.717, 1.165) is 11.0 Å². The molecule has 2 aromatic rings. The molecule has 0 aliphatic carbocycles. The van der Waals surface area contributed by atoms with E-state index in [4.69, 9.17) is 0 Å². The van der Waals surface area contributed by atoms with E-state index in [2.05, 4.69) is 70.3 Å². The number of nitrogens with zero attached hydrogens (tertiary/aromatic N) is 2. The van der Waals surface area contributed by atoms with Gasteiger partial charge in [-0.25, -0.2) is 0 Å². The Bertz CT molecular complexity index is 545. The van der Waals surface area contributed by atoms with Gasteiger partial charge in [0.1, 0.15) is 0 Å². The summed E-state index contributed by atoms with van der Waals surface area (Å²) in [7, 11) is 4.14. The van der Waals surface area contributed by atoms with Gasteiger partial charge in [0, 0.05) is 23.4 Å². The van der Waals surface area contributed by atoms with Gasteiger partial charge in [0.2, 0.25) is 0 Å². The molecule has 1 heterocycles. The summed E-state index contributed by atoms with van der Waals surface area (Å²) < 4.78 is 1.10. The number of hydrogen-bond acceptors (Lipinski definition) is 2. The highest BCUT2D eigenvalue weighted by Gasteiger charge is 2.04. The Kier molecular flexibility index (Phi) is 4.88. The van der Waals surface area contributed by atoms with E-state index in [-0.39, 0.29) is 0 Å². The van der Waals surface area contributed by atoms with E-state index in [0.29, 0.717) is 0 Å². The summed E-state index contributed by atoms with van der Waals surface area (Å²) in [5.74, 6) is 0. The molecule has 0 fully saturated rings. The third-order valence-corrected chi connectivity index (χ3v) is 3.34. The van der Waals surface area contributed by atoms with Crippen LogP contribution < -0.4 is 0 Å². The second-order valence-corrected chi connectivity index (χ2v) is 5.54. The molecule has 0 saturated carbocycles.